The lowest BCUT2D eigenvalue weighted by molar-refractivity contribution is -0.119. The molecule has 0 fully saturated rings. The van der Waals surface area contributed by atoms with E-state index in [1.807, 2.05) is 23.9 Å². The zero-order chi connectivity index (χ0) is 16.5. The van der Waals surface area contributed by atoms with E-state index in [2.05, 4.69) is 18.2 Å². The molecule has 2 aromatic rings. The van der Waals surface area contributed by atoms with Crippen LogP contribution in [-0.4, -0.2) is 17.4 Å². The van der Waals surface area contributed by atoms with E-state index in [4.69, 9.17) is 10.4 Å². The van der Waals surface area contributed by atoms with Gasteiger partial charge in [0.05, 0.1) is 23.0 Å². The maximum atomic E-state index is 12.6. The first kappa shape index (κ1) is 15.0. The Morgan fingerprint density at radius 1 is 1.17 bits per heavy atom. The summed E-state index contributed by atoms with van der Waals surface area (Å²) < 4.78 is 0. The van der Waals surface area contributed by atoms with Gasteiger partial charge in [-0.1, -0.05) is 18.2 Å². The molecular formula is C19H15N3OS. The van der Waals surface area contributed by atoms with Crippen LogP contribution in [0.25, 0.3) is 0 Å². The Morgan fingerprint density at radius 3 is 2.75 bits per heavy atom. The van der Waals surface area contributed by atoms with Crippen molar-refractivity contribution < 1.29 is 4.79 Å². The second-order valence-corrected chi connectivity index (χ2v) is 7.02. The van der Waals surface area contributed by atoms with Gasteiger partial charge < -0.3 is 0 Å². The molecule has 4 rings (SSSR count). The SMILES string of the molecule is N#Cc1ccc(N2N=C3c4ccccc4SCCC3CC2=O)cc1. The number of hydrazone groups is 1. The van der Waals surface area contributed by atoms with Gasteiger partial charge in [0, 0.05) is 22.8 Å². The Kier molecular flexibility index (Phi) is 3.83. The molecule has 2 aliphatic heterocycles. The van der Waals surface area contributed by atoms with Crippen LogP contribution in [0, 0.1) is 17.2 Å². The summed E-state index contributed by atoms with van der Waals surface area (Å²) in [5.41, 5.74) is 3.42. The average Bonchev–Trinajstić information content (AvgIpc) is 2.80. The summed E-state index contributed by atoms with van der Waals surface area (Å²) in [6, 6.07) is 17.3. The predicted octanol–water partition coefficient (Wildman–Crippen LogP) is 3.81. The van der Waals surface area contributed by atoms with Gasteiger partial charge >= 0.3 is 0 Å². The van der Waals surface area contributed by atoms with E-state index in [-0.39, 0.29) is 11.8 Å². The molecule has 0 saturated carbocycles. The van der Waals surface area contributed by atoms with Crippen LogP contribution < -0.4 is 5.01 Å². The Balaban J connectivity index is 1.79. The normalized spacial score (nSPS) is 19.6. The van der Waals surface area contributed by atoms with Crippen molar-refractivity contribution in [2.75, 3.05) is 10.8 Å². The average molecular weight is 333 g/mol. The van der Waals surface area contributed by atoms with E-state index >= 15 is 0 Å². The molecule has 2 aromatic carbocycles. The third-order valence-electron chi connectivity index (χ3n) is 4.38. The number of hydrogen-bond acceptors (Lipinski definition) is 4. The molecule has 24 heavy (non-hydrogen) atoms. The highest BCUT2D eigenvalue weighted by Gasteiger charge is 2.33. The summed E-state index contributed by atoms with van der Waals surface area (Å²) in [6.45, 7) is 0. The molecule has 0 radical (unpaired) electrons. The van der Waals surface area contributed by atoms with Gasteiger partial charge in [-0.2, -0.15) is 10.4 Å². The number of thioether (sulfide) groups is 1. The molecule has 118 valence electrons. The second-order valence-electron chi connectivity index (χ2n) is 5.88. The van der Waals surface area contributed by atoms with Crippen molar-refractivity contribution in [2.24, 2.45) is 11.0 Å². The van der Waals surface area contributed by atoms with E-state index in [1.54, 1.807) is 24.3 Å². The number of carbonyl (C=O) groups excluding carboxylic acids is 1. The third-order valence-corrected chi connectivity index (χ3v) is 5.49. The fraction of sp³-hybridized carbons (Fsp3) is 0.211. The minimum Gasteiger partial charge on any atom is -0.273 e. The van der Waals surface area contributed by atoms with Gasteiger partial charge in [-0.25, -0.2) is 5.01 Å². The predicted molar refractivity (Wildman–Crippen MR) is 95.1 cm³/mol. The summed E-state index contributed by atoms with van der Waals surface area (Å²) >= 11 is 1.83. The zero-order valence-corrected chi connectivity index (χ0v) is 13.8. The molecule has 0 saturated heterocycles. The molecule has 0 spiro atoms. The van der Waals surface area contributed by atoms with Crippen molar-refractivity contribution in [1.29, 1.82) is 5.26 Å². The van der Waals surface area contributed by atoms with E-state index < -0.39 is 0 Å². The quantitative estimate of drug-likeness (QED) is 0.797. The number of carbonyl (C=O) groups is 1. The molecule has 5 heteroatoms. The smallest absolute Gasteiger partial charge is 0.248 e. The monoisotopic (exact) mass is 333 g/mol. The molecule has 0 aromatic heterocycles. The molecule has 4 nitrogen and oxygen atoms in total. The number of hydrogen-bond donors (Lipinski definition) is 0. The van der Waals surface area contributed by atoms with Gasteiger partial charge in [-0.05, 0) is 42.5 Å². The zero-order valence-electron chi connectivity index (χ0n) is 13.0. The Bertz CT molecular complexity index is 867. The molecule has 0 N–H and O–H groups in total. The lowest BCUT2D eigenvalue weighted by Gasteiger charge is -2.28. The lowest BCUT2D eigenvalue weighted by atomic mass is 9.90. The topological polar surface area (TPSA) is 56.5 Å². The van der Waals surface area contributed by atoms with Crippen molar-refractivity contribution >= 4 is 29.1 Å². The fourth-order valence-electron chi connectivity index (χ4n) is 3.15. The van der Waals surface area contributed by atoms with Gasteiger partial charge in [0.15, 0.2) is 0 Å². The maximum absolute atomic E-state index is 12.6. The molecular weight excluding hydrogens is 318 g/mol. The van der Waals surface area contributed by atoms with Gasteiger partial charge in [0.2, 0.25) is 5.91 Å². The Morgan fingerprint density at radius 2 is 1.96 bits per heavy atom. The van der Waals surface area contributed by atoms with Gasteiger partial charge in [-0.15, -0.1) is 11.8 Å². The van der Waals surface area contributed by atoms with Crippen molar-refractivity contribution in [1.82, 2.24) is 0 Å². The number of anilines is 1. The minimum absolute atomic E-state index is 0.0119. The van der Waals surface area contributed by atoms with Crippen LogP contribution in [0.15, 0.2) is 58.5 Å². The standard InChI is InChI=1S/C19H15N3OS/c20-12-13-5-7-15(8-6-13)22-18(23)11-14-9-10-24-17-4-2-1-3-16(17)19(14)21-22/h1-8,14H,9-11H2. The number of rotatable bonds is 1. The summed E-state index contributed by atoms with van der Waals surface area (Å²) in [6.07, 6.45) is 1.44. The van der Waals surface area contributed by atoms with Gasteiger partial charge in [0.1, 0.15) is 0 Å². The maximum Gasteiger partial charge on any atom is 0.248 e. The molecule has 0 aliphatic carbocycles. The van der Waals surface area contributed by atoms with Gasteiger partial charge in [0.25, 0.3) is 0 Å². The second kappa shape index (κ2) is 6.14. The summed E-state index contributed by atoms with van der Waals surface area (Å²) in [5, 5.41) is 15.1. The summed E-state index contributed by atoms with van der Waals surface area (Å²) in [5.74, 6) is 1.20. The van der Waals surface area contributed by atoms with Crippen LogP contribution in [0.5, 0.6) is 0 Å². The molecule has 1 amide bonds. The van der Waals surface area contributed by atoms with Crippen molar-refractivity contribution in [3.8, 4) is 6.07 Å². The lowest BCUT2D eigenvalue weighted by Crippen LogP contribution is -2.37. The van der Waals surface area contributed by atoms with E-state index in [0.29, 0.717) is 17.7 Å². The first-order valence-corrected chi connectivity index (χ1v) is 8.88. The van der Waals surface area contributed by atoms with Crippen molar-refractivity contribution in [3.63, 3.8) is 0 Å². The number of fused-ring (bicyclic) bond motifs is 3. The summed E-state index contributed by atoms with van der Waals surface area (Å²) in [7, 11) is 0. The van der Waals surface area contributed by atoms with Crippen LogP contribution in [0.4, 0.5) is 5.69 Å². The number of nitrogens with zero attached hydrogens (tertiary/aromatic N) is 3. The molecule has 1 unspecified atom stereocenters. The third kappa shape index (κ3) is 2.59. The van der Waals surface area contributed by atoms with Crippen LogP contribution >= 0.6 is 11.8 Å². The summed E-state index contributed by atoms with van der Waals surface area (Å²) in [4.78, 5) is 13.8. The highest BCUT2D eigenvalue weighted by molar-refractivity contribution is 7.99. The Hall–Kier alpha value is -2.58. The van der Waals surface area contributed by atoms with Gasteiger partial charge in [-0.3, -0.25) is 4.79 Å². The van der Waals surface area contributed by atoms with Crippen LogP contribution in [0.2, 0.25) is 0 Å². The van der Waals surface area contributed by atoms with Crippen LogP contribution in [0.3, 0.4) is 0 Å². The molecule has 2 heterocycles. The fourth-order valence-corrected chi connectivity index (χ4v) is 4.27. The number of amides is 1. The largest absolute Gasteiger partial charge is 0.273 e. The number of benzene rings is 2. The van der Waals surface area contributed by atoms with E-state index in [0.717, 1.165) is 23.4 Å². The van der Waals surface area contributed by atoms with E-state index in [1.165, 1.54) is 9.90 Å². The van der Waals surface area contributed by atoms with E-state index in [9.17, 15) is 4.79 Å². The first-order chi connectivity index (χ1) is 11.8. The molecule has 2 aliphatic rings. The Labute approximate surface area is 144 Å². The molecule has 1 atom stereocenters. The minimum atomic E-state index is 0.0119. The first-order valence-electron chi connectivity index (χ1n) is 7.90. The highest BCUT2D eigenvalue weighted by atomic mass is 32.2. The van der Waals surface area contributed by atoms with Crippen LogP contribution in [0.1, 0.15) is 24.0 Å². The van der Waals surface area contributed by atoms with Crippen molar-refractivity contribution in [3.05, 3.63) is 59.7 Å². The highest BCUT2D eigenvalue weighted by Crippen LogP contribution is 2.36. The molecule has 0 bridgehead atoms. The van der Waals surface area contributed by atoms with Crippen molar-refractivity contribution in [2.45, 2.75) is 17.7 Å². The number of nitriles is 1. The van der Waals surface area contributed by atoms with Crippen LogP contribution in [-0.2, 0) is 4.79 Å².